The summed E-state index contributed by atoms with van der Waals surface area (Å²) in [4.78, 5) is 14.3. The Morgan fingerprint density at radius 2 is 2.06 bits per heavy atom. The lowest BCUT2D eigenvalue weighted by Gasteiger charge is -2.04. The van der Waals surface area contributed by atoms with Crippen LogP contribution in [0.15, 0.2) is 36.5 Å². The minimum atomic E-state index is -0.501. The molecule has 0 spiro atoms. The number of hydrogen-bond acceptors (Lipinski definition) is 4. The fraction of sp³-hybridized carbons (Fsp3) is 0.0833. The van der Waals surface area contributed by atoms with E-state index in [9.17, 15) is 15.2 Å². The third-order valence-corrected chi connectivity index (χ3v) is 2.38. The van der Waals surface area contributed by atoms with Gasteiger partial charge in [-0.2, -0.15) is 0 Å². The molecular weight excluding hydrogens is 220 g/mol. The molecule has 5 heteroatoms. The fourth-order valence-electron chi connectivity index (χ4n) is 1.53. The maximum Gasteiger partial charge on any atom is 0.270 e. The van der Waals surface area contributed by atoms with Crippen LogP contribution in [0.25, 0.3) is 11.3 Å². The first-order valence-electron chi connectivity index (χ1n) is 4.98. The van der Waals surface area contributed by atoms with Crippen molar-refractivity contribution in [3.8, 4) is 17.0 Å². The van der Waals surface area contributed by atoms with E-state index < -0.39 is 4.92 Å². The van der Waals surface area contributed by atoms with Crippen molar-refractivity contribution >= 4 is 5.69 Å². The highest BCUT2D eigenvalue weighted by atomic mass is 16.6. The van der Waals surface area contributed by atoms with Crippen molar-refractivity contribution in [3.63, 3.8) is 0 Å². The number of nitrogens with zero attached hydrogens (tertiary/aromatic N) is 2. The SMILES string of the molecule is Cc1ccnc(-c2cc([N+](=O)[O-])ccc2O)c1. The number of aromatic hydroxyl groups is 1. The van der Waals surface area contributed by atoms with Gasteiger partial charge in [-0.15, -0.1) is 0 Å². The summed E-state index contributed by atoms with van der Waals surface area (Å²) in [5.41, 5.74) is 1.79. The zero-order chi connectivity index (χ0) is 12.4. The normalized spacial score (nSPS) is 10.2. The number of hydrogen-bond donors (Lipinski definition) is 1. The molecule has 86 valence electrons. The summed E-state index contributed by atoms with van der Waals surface area (Å²) in [6.07, 6.45) is 1.60. The second-order valence-corrected chi connectivity index (χ2v) is 3.68. The van der Waals surface area contributed by atoms with Crippen LogP contribution in [0.3, 0.4) is 0 Å². The first kappa shape index (κ1) is 11.1. The van der Waals surface area contributed by atoms with E-state index >= 15 is 0 Å². The number of rotatable bonds is 2. The lowest BCUT2D eigenvalue weighted by atomic mass is 10.1. The van der Waals surface area contributed by atoms with E-state index in [0.29, 0.717) is 11.3 Å². The highest BCUT2D eigenvalue weighted by Crippen LogP contribution is 2.31. The fourth-order valence-corrected chi connectivity index (χ4v) is 1.53. The van der Waals surface area contributed by atoms with Crippen molar-refractivity contribution in [3.05, 3.63) is 52.2 Å². The zero-order valence-corrected chi connectivity index (χ0v) is 9.12. The van der Waals surface area contributed by atoms with Gasteiger partial charge in [0.15, 0.2) is 0 Å². The lowest BCUT2D eigenvalue weighted by molar-refractivity contribution is -0.384. The molecule has 0 aliphatic heterocycles. The Labute approximate surface area is 97.5 Å². The van der Waals surface area contributed by atoms with E-state index in [4.69, 9.17) is 0 Å². The number of aromatic nitrogens is 1. The smallest absolute Gasteiger partial charge is 0.270 e. The van der Waals surface area contributed by atoms with Gasteiger partial charge in [0.05, 0.1) is 10.6 Å². The van der Waals surface area contributed by atoms with Crippen molar-refractivity contribution < 1.29 is 10.0 Å². The highest BCUT2D eigenvalue weighted by molar-refractivity contribution is 5.69. The van der Waals surface area contributed by atoms with Gasteiger partial charge in [-0.3, -0.25) is 15.1 Å². The first-order chi connectivity index (χ1) is 8.08. The van der Waals surface area contributed by atoms with Gasteiger partial charge in [0.1, 0.15) is 5.75 Å². The molecule has 2 rings (SSSR count). The molecule has 0 saturated carbocycles. The van der Waals surface area contributed by atoms with E-state index in [2.05, 4.69) is 4.98 Å². The van der Waals surface area contributed by atoms with E-state index in [0.717, 1.165) is 5.56 Å². The number of non-ortho nitro benzene ring substituents is 1. The second kappa shape index (κ2) is 4.21. The Balaban J connectivity index is 2.58. The van der Waals surface area contributed by atoms with Crippen molar-refractivity contribution in [2.24, 2.45) is 0 Å². The molecule has 0 aliphatic carbocycles. The average molecular weight is 230 g/mol. The van der Waals surface area contributed by atoms with Crippen LogP contribution in [0.2, 0.25) is 0 Å². The number of phenolic OH excluding ortho intramolecular Hbond substituents is 1. The Bertz CT molecular complexity index is 582. The maximum atomic E-state index is 10.7. The van der Waals surface area contributed by atoms with E-state index in [-0.39, 0.29) is 11.4 Å². The molecule has 0 atom stereocenters. The molecule has 5 nitrogen and oxygen atoms in total. The number of aryl methyl sites for hydroxylation is 1. The summed E-state index contributed by atoms with van der Waals surface area (Å²) in [5, 5.41) is 20.4. The molecule has 1 aromatic heterocycles. The number of nitro benzene ring substituents is 1. The predicted octanol–water partition coefficient (Wildman–Crippen LogP) is 2.67. The summed E-state index contributed by atoms with van der Waals surface area (Å²) in [6.45, 7) is 1.89. The highest BCUT2D eigenvalue weighted by Gasteiger charge is 2.12. The first-order valence-corrected chi connectivity index (χ1v) is 4.98. The van der Waals surface area contributed by atoms with Gasteiger partial charge in [0, 0.05) is 23.9 Å². The monoisotopic (exact) mass is 230 g/mol. The van der Waals surface area contributed by atoms with Crippen LogP contribution < -0.4 is 0 Å². The molecule has 1 N–H and O–H groups in total. The molecule has 2 aromatic rings. The maximum absolute atomic E-state index is 10.7. The lowest BCUT2D eigenvalue weighted by Crippen LogP contribution is -1.90. The van der Waals surface area contributed by atoms with Gasteiger partial charge in [-0.05, 0) is 30.7 Å². The van der Waals surface area contributed by atoms with E-state index in [1.807, 2.05) is 13.0 Å². The van der Waals surface area contributed by atoms with Crippen molar-refractivity contribution in [2.75, 3.05) is 0 Å². The Hall–Kier alpha value is -2.43. The molecule has 0 amide bonds. The van der Waals surface area contributed by atoms with E-state index in [1.165, 1.54) is 18.2 Å². The van der Waals surface area contributed by atoms with Crippen molar-refractivity contribution in [1.29, 1.82) is 0 Å². The number of nitro groups is 1. The minimum absolute atomic E-state index is 0.0197. The molecule has 17 heavy (non-hydrogen) atoms. The molecule has 0 aliphatic rings. The van der Waals surface area contributed by atoms with Gasteiger partial charge in [0.2, 0.25) is 0 Å². The van der Waals surface area contributed by atoms with E-state index in [1.54, 1.807) is 12.3 Å². The summed E-state index contributed by atoms with van der Waals surface area (Å²) in [5.74, 6) is -0.0197. The van der Waals surface area contributed by atoms with Crippen LogP contribution in [-0.4, -0.2) is 15.0 Å². The molecular formula is C12H10N2O3. The van der Waals surface area contributed by atoms with Gasteiger partial charge < -0.3 is 5.11 Å². The average Bonchev–Trinajstić information content (AvgIpc) is 2.29. The van der Waals surface area contributed by atoms with Crippen LogP contribution in [0.4, 0.5) is 5.69 Å². The summed E-state index contributed by atoms with van der Waals surface area (Å²) in [6, 6.07) is 7.46. The summed E-state index contributed by atoms with van der Waals surface area (Å²) >= 11 is 0. The Kier molecular flexibility index (Phi) is 2.74. The largest absolute Gasteiger partial charge is 0.507 e. The molecule has 1 aromatic carbocycles. The summed E-state index contributed by atoms with van der Waals surface area (Å²) < 4.78 is 0. The van der Waals surface area contributed by atoms with Crippen LogP contribution in [-0.2, 0) is 0 Å². The van der Waals surface area contributed by atoms with Crippen molar-refractivity contribution in [1.82, 2.24) is 4.98 Å². The van der Waals surface area contributed by atoms with Gasteiger partial charge in [0.25, 0.3) is 5.69 Å². The number of pyridine rings is 1. The molecule has 0 saturated heterocycles. The van der Waals surface area contributed by atoms with Gasteiger partial charge >= 0.3 is 0 Å². The number of benzene rings is 1. The topological polar surface area (TPSA) is 76.3 Å². The Morgan fingerprint density at radius 1 is 1.29 bits per heavy atom. The standard InChI is InChI=1S/C12H10N2O3/c1-8-4-5-13-11(6-8)10-7-9(14(16)17)2-3-12(10)15/h2-7,15H,1H3. The quantitative estimate of drug-likeness (QED) is 0.635. The third-order valence-electron chi connectivity index (χ3n) is 2.38. The van der Waals surface area contributed by atoms with Gasteiger partial charge in [-0.1, -0.05) is 0 Å². The summed E-state index contributed by atoms with van der Waals surface area (Å²) in [7, 11) is 0. The van der Waals surface area contributed by atoms with Crippen LogP contribution in [0, 0.1) is 17.0 Å². The number of phenols is 1. The van der Waals surface area contributed by atoms with Crippen LogP contribution >= 0.6 is 0 Å². The van der Waals surface area contributed by atoms with Crippen LogP contribution in [0.1, 0.15) is 5.56 Å². The molecule has 0 fully saturated rings. The predicted molar refractivity (Wildman–Crippen MR) is 62.7 cm³/mol. The van der Waals surface area contributed by atoms with Crippen molar-refractivity contribution in [2.45, 2.75) is 6.92 Å². The third kappa shape index (κ3) is 2.23. The Morgan fingerprint density at radius 3 is 2.71 bits per heavy atom. The molecule has 0 bridgehead atoms. The molecule has 0 unspecified atom stereocenters. The molecule has 1 heterocycles. The van der Waals surface area contributed by atoms with Gasteiger partial charge in [-0.25, -0.2) is 0 Å². The van der Waals surface area contributed by atoms with Crippen LogP contribution in [0.5, 0.6) is 5.75 Å². The minimum Gasteiger partial charge on any atom is -0.507 e. The molecule has 0 radical (unpaired) electrons. The second-order valence-electron chi connectivity index (χ2n) is 3.68. The zero-order valence-electron chi connectivity index (χ0n) is 9.12.